The van der Waals surface area contributed by atoms with Crippen molar-refractivity contribution < 1.29 is 9.21 Å². The standard InChI is InChI=1S/C18H15NO2/c20-18(17-11-13-6-2-4-8-16(13)21-17)19-15-10-9-12-5-1-3-7-14(12)15/h1-8,11,15H,9-10H2,(H,19,20). The van der Waals surface area contributed by atoms with Gasteiger partial charge in [-0.25, -0.2) is 0 Å². The van der Waals surface area contributed by atoms with Crippen LogP contribution in [0.3, 0.4) is 0 Å². The highest BCUT2D eigenvalue weighted by Gasteiger charge is 2.24. The fourth-order valence-electron chi connectivity index (χ4n) is 3.03. The number of para-hydroxylation sites is 1. The zero-order valence-corrected chi connectivity index (χ0v) is 11.5. The van der Waals surface area contributed by atoms with Crippen molar-refractivity contribution >= 4 is 16.9 Å². The van der Waals surface area contributed by atoms with E-state index in [9.17, 15) is 4.79 Å². The molecule has 21 heavy (non-hydrogen) atoms. The third-order valence-corrected chi connectivity index (χ3v) is 4.09. The summed E-state index contributed by atoms with van der Waals surface area (Å²) in [5, 5.41) is 4.03. The van der Waals surface area contributed by atoms with E-state index in [-0.39, 0.29) is 11.9 Å². The normalized spacial score (nSPS) is 16.9. The summed E-state index contributed by atoms with van der Waals surface area (Å²) in [7, 11) is 0. The first-order valence-electron chi connectivity index (χ1n) is 7.18. The van der Waals surface area contributed by atoms with Gasteiger partial charge in [-0.15, -0.1) is 0 Å². The molecule has 0 bridgehead atoms. The number of aryl methyl sites for hydroxylation is 1. The molecule has 1 N–H and O–H groups in total. The van der Waals surface area contributed by atoms with Crippen LogP contribution in [0.5, 0.6) is 0 Å². The van der Waals surface area contributed by atoms with Crippen LogP contribution in [0, 0.1) is 0 Å². The van der Waals surface area contributed by atoms with Crippen LogP contribution in [-0.4, -0.2) is 5.91 Å². The van der Waals surface area contributed by atoms with Crippen LogP contribution in [0.2, 0.25) is 0 Å². The Morgan fingerprint density at radius 1 is 1.10 bits per heavy atom. The molecule has 1 unspecified atom stereocenters. The van der Waals surface area contributed by atoms with E-state index in [1.807, 2.05) is 36.4 Å². The van der Waals surface area contributed by atoms with Crippen molar-refractivity contribution in [2.75, 3.05) is 0 Å². The first-order chi connectivity index (χ1) is 10.3. The summed E-state index contributed by atoms with van der Waals surface area (Å²) in [5.41, 5.74) is 3.30. The van der Waals surface area contributed by atoms with Gasteiger partial charge in [-0.3, -0.25) is 4.79 Å². The zero-order chi connectivity index (χ0) is 14.2. The molecule has 0 saturated heterocycles. The molecule has 0 aliphatic heterocycles. The highest BCUT2D eigenvalue weighted by Crippen LogP contribution is 2.31. The summed E-state index contributed by atoms with van der Waals surface area (Å²) in [4.78, 5) is 12.4. The Kier molecular flexibility index (Phi) is 2.78. The minimum Gasteiger partial charge on any atom is -0.451 e. The third-order valence-electron chi connectivity index (χ3n) is 4.09. The van der Waals surface area contributed by atoms with Crippen molar-refractivity contribution in [2.24, 2.45) is 0 Å². The fraction of sp³-hybridized carbons (Fsp3) is 0.167. The summed E-state index contributed by atoms with van der Waals surface area (Å²) in [6, 6.07) is 17.8. The molecule has 1 heterocycles. The minimum absolute atomic E-state index is 0.0851. The predicted molar refractivity (Wildman–Crippen MR) is 81.2 cm³/mol. The average molecular weight is 277 g/mol. The van der Waals surface area contributed by atoms with E-state index in [1.165, 1.54) is 11.1 Å². The number of hydrogen-bond donors (Lipinski definition) is 1. The van der Waals surface area contributed by atoms with Gasteiger partial charge in [0.25, 0.3) is 5.91 Å². The van der Waals surface area contributed by atoms with Gasteiger partial charge in [0.15, 0.2) is 5.76 Å². The number of amides is 1. The molecular formula is C18H15NO2. The maximum Gasteiger partial charge on any atom is 0.287 e. The van der Waals surface area contributed by atoms with Crippen molar-refractivity contribution in [2.45, 2.75) is 18.9 Å². The monoisotopic (exact) mass is 277 g/mol. The summed E-state index contributed by atoms with van der Waals surface area (Å²) >= 11 is 0. The molecule has 3 aromatic rings. The van der Waals surface area contributed by atoms with Gasteiger partial charge in [0, 0.05) is 5.39 Å². The van der Waals surface area contributed by atoms with E-state index in [2.05, 4.69) is 17.4 Å². The number of furan rings is 1. The second-order valence-electron chi connectivity index (χ2n) is 5.41. The molecule has 1 aromatic heterocycles. The van der Waals surface area contributed by atoms with Crippen LogP contribution in [-0.2, 0) is 6.42 Å². The second-order valence-corrected chi connectivity index (χ2v) is 5.41. The van der Waals surface area contributed by atoms with Crippen LogP contribution in [0.25, 0.3) is 11.0 Å². The summed E-state index contributed by atoms with van der Waals surface area (Å²) < 4.78 is 5.62. The third kappa shape index (κ3) is 2.11. The number of hydrogen-bond acceptors (Lipinski definition) is 2. The van der Waals surface area contributed by atoms with E-state index in [0.29, 0.717) is 5.76 Å². The van der Waals surface area contributed by atoms with Crippen molar-refractivity contribution in [3.63, 3.8) is 0 Å². The van der Waals surface area contributed by atoms with Crippen molar-refractivity contribution in [3.05, 3.63) is 71.5 Å². The van der Waals surface area contributed by atoms with E-state index >= 15 is 0 Å². The summed E-state index contributed by atoms with van der Waals surface area (Å²) in [6.07, 6.45) is 1.96. The summed E-state index contributed by atoms with van der Waals surface area (Å²) in [5.74, 6) is 0.230. The van der Waals surface area contributed by atoms with Crippen LogP contribution in [0.1, 0.15) is 34.1 Å². The maximum atomic E-state index is 12.4. The molecule has 3 nitrogen and oxygen atoms in total. The van der Waals surface area contributed by atoms with Crippen LogP contribution < -0.4 is 5.32 Å². The topological polar surface area (TPSA) is 42.2 Å². The second kappa shape index (κ2) is 4.77. The molecule has 3 heteroatoms. The van der Waals surface area contributed by atoms with Gasteiger partial charge >= 0.3 is 0 Å². The van der Waals surface area contributed by atoms with Crippen molar-refractivity contribution in [3.8, 4) is 0 Å². The Bertz CT molecular complexity index is 786. The number of nitrogens with one attached hydrogen (secondary N) is 1. The first kappa shape index (κ1) is 12.2. The molecule has 0 fully saturated rings. The van der Waals surface area contributed by atoms with Gasteiger partial charge in [-0.05, 0) is 36.1 Å². The Morgan fingerprint density at radius 3 is 2.81 bits per heavy atom. The van der Waals surface area contributed by atoms with Crippen molar-refractivity contribution in [1.29, 1.82) is 0 Å². The molecule has 1 atom stereocenters. The largest absolute Gasteiger partial charge is 0.451 e. The Morgan fingerprint density at radius 2 is 1.90 bits per heavy atom. The van der Waals surface area contributed by atoms with Gasteiger partial charge in [0.1, 0.15) is 5.58 Å². The number of rotatable bonds is 2. The lowest BCUT2D eigenvalue weighted by Crippen LogP contribution is -2.26. The smallest absolute Gasteiger partial charge is 0.287 e. The van der Waals surface area contributed by atoms with Crippen molar-refractivity contribution in [1.82, 2.24) is 5.32 Å². The average Bonchev–Trinajstić information content (AvgIpc) is 3.11. The Hall–Kier alpha value is -2.55. The predicted octanol–water partition coefficient (Wildman–Crippen LogP) is 3.85. The van der Waals surface area contributed by atoms with Crippen LogP contribution in [0.15, 0.2) is 59.0 Å². The quantitative estimate of drug-likeness (QED) is 0.773. The number of carbonyl (C=O) groups excluding carboxylic acids is 1. The molecular weight excluding hydrogens is 262 g/mol. The van der Waals surface area contributed by atoms with Gasteiger partial charge in [0.2, 0.25) is 0 Å². The molecule has 104 valence electrons. The molecule has 1 amide bonds. The lowest BCUT2D eigenvalue weighted by atomic mass is 10.1. The van der Waals surface area contributed by atoms with E-state index in [4.69, 9.17) is 4.42 Å². The molecule has 1 aliphatic carbocycles. The van der Waals surface area contributed by atoms with Crippen LogP contribution in [0.4, 0.5) is 0 Å². The molecule has 0 spiro atoms. The maximum absolute atomic E-state index is 12.4. The molecule has 0 saturated carbocycles. The molecule has 4 rings (SSSR count). The van der Waals surface area contributed by atoms with E-state index in [0.717, 1.165) is 23.8 Å². The highest BCUT2D eigenvalue weighted by atomic mass is 16.3. The number of benzene rings is 2. The SMILES string of the molecule is O=C(NC1CCc2ccccc21)c1cc2ccccc2o1. The zero-order valence-electron chi connectivity index (χ0n) is 11.5. The van der Waals surface area contributed by atoms with Gasteiger partial charge < -0.3 is 9.73 Å². The molecule has 1 aliphatic rings. The number of carbonyl (C=O) groups is 1. The number of fused-ring (bicyclic) bond motifs is 2. The molecule has 0 radical (unpaired) electrons. The van der Waals surface area contributed by atoms with E-state index in [1.54, 1.807) is 6.07 Å². The minimum atomic E-state index is -0.145. The first-order valence-corrected chi connectivity index (χ1v) is 7.18. The van der Waals surface area contributed by atoms with E-state index < -0.39 is 0 Å². The molecule has 2 aromatic carbocycles. The van der Waals surface area contributed by atoms with Crippen LogP contribution >= 0.6 is 0 Å². The van der Waals surface area contributed by atoms with Gasteiger partial charge in [-0.1, -0.05) is 42.5 Å². The lowest BCUT2D eigenvalue weighted by Gasteiger charge is -2.12. The lowest BCUT2D eigenvalue weighted by molar-refractivity contribution is 0.0911. The van der Waals surface area contributed by atoms with Gasteiger partial charge in [-0.2, -0.15) is 0 Å². The fourth-order valence-corrected chi connectivity index (χ4v) is 3.03. The Labute approximate surface area is 122 Å². The summed E-state index contributed by atoms with van der Waals surface area (Å²) in [6.45, 7) is 0. The highest BCUT2D eigenvalue weighted by molar-refractivity contribution is 5.96. The van der Waals surface area contributed by atoms with Gasteiger partial charge in [0.05, 0.1) is 6.04 Å². The Balaban J connectivity index is 1.59.